The van der Waals surface area contributed by atoms with Gasteiger partial charge in [0.2, 0.25) is 0 Å². The third-order valence-corrected chi connectivity index (χ3v) is 7.05. The third-order valence-electron chi connectivity index (χ3n) is 7.05. The summed E-state index contributed by atoms with van der Waals surface area (Å²) in [6.45, 7) is 7.23. The molecule has 0 spiro atoms. The predicted octanol–water partition coefficient (Wildman–Crippen LogP) is 5.10. The van der Waals surface area contributed by atoms with Crippen molar-refractivity contribution in [2.75, 3.05) is 33.3 Å². The van der Waals surface area contributed by atoms with E-state index in [9.17, 15) is 29.6 Å². The number of nitrogens with zero attached hydrogens (tertiary/aromatic N) is 3. The van der Waals surface area contributed by atoms with Crippen molar-refractivity contribution >= 4 is 29.1 Å². The number of ketones is 1. The maximum atomic E-state index is 13.3. The lowest BCUT2D eigenvalue weighted by atomic mass is 9.94. The van der Waals surface area contributed by atoms with E-state index >= 15 is 0 Å². The van der Waals surface area contributed by atoms with Crippen LogP contribution in [0.5, 0.6) is 0 Å². The summed E-state index contributed by atoms with van der Waals surface area (Å²) in [6.07, 6.45) is 4.93. The van der Waals surface area contributed by atoms with E-state index in [1.165, 1.54) is 48.4 Å². The fourth-order valence-electron chi connectivity index (χ4n) is 4.86. The van der Waals surface area contributed by atoms with E-state index in [0.717, 1.165) is 45.3 Å². The SMILES string of the molecule is CCCCN(CCCC)CCCN1C(=O)C(=O)C(=C(O)c2cccc([N+](=O)[O-])c2)[C@H]1c1ccc(C(=O)OC)cc1. The number of aliphatic hydroxyl groups is 1. The maximum absolute atomic E-state index is 13.3. The van der Waals surface area contributed by atoms with Crippen LogP contribution in [0.3, 0.4) is 0 Å². The first-order chi connectivity index (χ1) is 19.2. The molecule has 10 nitrogen and oxygen atoms in total. The average Bonchev–Trinajstić information content (AvgIpc) is 3.22. The van der Waals surface area contributed by atoms with E-state index in [4.69, 9.17) is 4.74 Å². The predicted molar refractivity (Wildman–Crippen MR) is 151 cm³/mol. The van der Waals surface area contributed by atoms with Crippen LogP contribution in [0.1, 0.15) is 73.5 Å². The first kappa shape index (κ1) is 30.5. The number of methoxy groups -OCH3 is 1. The molecule has 1 heterocycles. The second kappa shape index (κ2) is 14.4. The van der Waals surface area contributed by atoms with Crippen LogP contribution >= 0.6 is 0 Å². The van der Waals surface area contributed by atoms with Gasteiger partial charge in [-0.1, -0.05) is 51.0 Å². The molecule has 1 aliphatic heterocycles. The molecule has 0 bridgehead atoms. The minimum atomic E-state index is -0.925. The Morgan fingerprint density at radius 3 is 2.20 bits per heavy atom. The molecule has 1 amide bonds. The Labute approximate surface area is 234 Å². The summed E-state index contributed by atoms with van der Waals surface area (Å²) < 4.78 is 4.77. The molecule has 0 radical (unpaired) electrons. The number of nitro benzene ring substituents is 1. The number of hydrogen-bond acceptors (Lipinski definition) is 8. The van der Waals surface area contributed by atoms with E-state index in [1.807, 2.05) is 0 Å². The Morgan fingerprint density at radius 2 is 1.62 bits per heavy atom. The van der Waals surface area contributed by atoms with Gasteiger partial charge in [0.25, 0.3) is 17.4 Å². The molecule has 1 N–H and O–H groups in total. The zero-order chi connectivity index (χ0) is 29.2. The van der Waals surface area contributed by atoms with Gasteiger partial charge in [0.15, 0.2) is 0 Å². The van der Waals surface area contributed by atoms with Crippen LogP contribution in [-0.2, 0) is 14.3 Å². The summed E-state index contributed by atoms with van der Waals surface area (Å²) in [6, 6.07) is 10.7. The molecular formula is C30H37N3O7. The van der Waals surface area contributed by atoms with Gasteiger partial charge in [0, 0.05) is 24.2 Å². The number of benzene rings is 2. The Bertz CT molecular complexity index is 1250. The highest BCUT2D eigenvalue weighted by Crippen LogP contribution is 2.40. The number of esters is 1. The average molecular weight is 552 g/mol. The van der Waals surface area contributed by atoms with Crippen LogP contribution in [0.25, 0.3) is 5.76 Å². The van der Waals surface area contributed by atoms with E-state index in [2.05, 4.69) is 18.7 Å². The number of non-ortho nitro benzene ring substituents is 1. The van der Waals surface area contributed by atoms with E-state index in [1.54, 1.807) is 12.1 Å². The van der Waals surface area contributed by atoms with Crippen molar-refractivity contribution in [1.29, 1.82) is 0 Å². The number of aliphatic hydroxyl groups excluding tert-OH is 1. The van der Waals surface area contributed by atoms with Gasteiger partial charge in [-0.15, -0.1) is 0 Å². The number of ether oxygens (including phenoxy) is 1. The fraction of sp³-hybridized carbons (Fsp3) is 0.433. The lowest BCUT2D eigenvalue weighted by Crippen LogP contribution is -2.34. The molecule has 1 saturated heterocycles. The highest BCUT2D eigenvalue weighted by Gasteiger charge is 2.46. The molecule has 40 heavy (non-hydrogen) atoms. The van der Waals surface area contributed by atoms with Gasteiger partial charge in [-0.25, -0.2) is 4.79 Å². The monoisotopic (exact) mass is 551 g/mol. The summed E-state index contributed by atoms with van der Waals surface area (Å²) in [4.78, 5) is 53.1. The molecule has 214 valence electrons. The molecule has 1 fully saturated rings. The zero-order valence-electron chi connectivity index (χ0n) is 23.3. The van der Waals surface area contributed by atoms with Gasteiger partial charge in [-0.05, 0) is 56.6 Å². The summed E-state index contributed by atoms with van der Waals surface area (Å²) in [5.41, 5.74) is 0.479. The molecule has 0 aromatic heterocycles. The quantitative estimate of drug-likeness (QED) is 0.0858. The van der Waals surface area contributed by atoms with Gasteiger partial charge in [0.1, 0.15) is 5.76 Å². The second-order valence-corrected chi connectivity index (χ2v) is 9.82. The van der Waals surface area contributed by atoms with E-state index < -0.39 is 34.4 Å². The summed E-state index contributed by atoms with van der Waals surface area (Å²) >= 11 is 0. The molecule has 0 saturated carbocycles. The van der Waals surface area contributed by atoms with Crippen LogP contribution < -0.4 is 0 Å². The van der Waals surface area contributed by atoms with E-state index in [0.29, 0.717) is 17.5 Å². The largest absolute Gasteiger partial charge is 0.507 e. The molecule has 0 aliphatic carbocycles. The molecule has 1 atom stereocenters. The number of nitro groups is 1. The normalized spacial score (nSPS) is 16.5. The highest BCUT2D eigenvalue weighted by atomic mass is 16.6. The number of carbonyl (C=O) groups is 3. The van der Waals surface area contributed by atoms with Crippen LogP contribution in [0, 0.1) is 10.1 Å². The number of Topliss-reactive ketones (excluding diaryl/α,β-unsaturated/α-hetero) is 1. The smallest absolute Gasteiger partial charge is 0.337 e. The summed E-state index contributed by atoms with van der Waals surface area (Å²) in [5.74, 6) is -2.63. The molecule has 2 aromatic rings. The first-order valence-electron chi connectivity index (χ1n) is 13.7. The maximum Gasteiger partial charge on any atom is 0.337 e. The minimum absolute atomic E-state index is 0.0636. The van der Waals surface area contributed by atoms with Crippen molar-refractivity contribution in [3.05, 3.63) is 80.9 Å². The Kier molecular flexibility index (Phi) is 11.0. The van der Waals surface area contributed by atoms with Crippen LogP contribution in [-0.4, -0.2) is 70.8 Å². The molecule has 1 aliphatic rings. The van der Waals surface area contributed by atoms with Gasteiger partial charge < -0.3 is 19.6 Å². The van der Waals surface area contributed by atoms with Crippen LogP contribution in [0.4, 0.5) is 5.69 Å². The topological polar surface area (TPSA) is 130 Å². The molecule has 10 heteroatoms. The third kappa shape index (κ3) is 7.12. The first-order valence-corrected chi connectivity index (χ1v) is 13.7. The van der Waals surface area contributed by atoms with Crippen molar-refractivity contribution in [3.8, 4) is 0 Å². The Morgan fingerprint density at radius 1 is 1.00 bits per heavy atom. The van der Waals surface area contributed by atoms with Crippen molar-refractivity contribution in [1.82, 2.24) is 9.80 Å². The standard InChI is InChI=1S/C30H37N3O7/c1-4-6-16-31(17-7-5-2)18-9-19-32-26(21-12-14-22(15-13-21)30(37)40-3)25(28(35)29(32)36)27(34)23-10-8-11-24(20-23)33(38)39/h8,10-15,20,26,34H,4-7,9,16-19H2,1-3H3/t26-/m1/s1. The Balaban J connectivity index is 1.99. The number of rotatable bonds is 14. The van der Waals surface area contributed by atoms with Crippen molar-refractivity contribution < 1.29 is 29.2 Å². The van der Waals surface area contributed by atoms with Gasteiger partial charge in [0.05, 0.1) is 29.2 Å². The molecular weight excluding hydrogens is 514 g/mol. The lowest BCUT2D eigenvalue weighted by molar-refractivity contribution is -0.384. The number of unbranched alkanes of at least 4 members (excludes halogenated alkanes) is 2. The van der Waals surface area contributed by atoms with Gasteiger partial charge >= 0.3 is 5.97 Å². The number of amides is 1. The van der Waals surface area contributed by atoms with Crippen molar-refractivity contribution in [3.63, 3.8) is 0 Å². The molecule has 3 rings (SSSR count). The lowest BCUT2D eigenvalue weighted by Gasteiger charge is -2.27. The van der Waals surface area contributed by atoms with Gasteiger partial charge in [-0.2, -0.15) is 0 Å². The fourth-order valence-corrected chi connectivity index (χ4v) is 4.86. The number of carbonyl (C=O) groups excluding carboxylic acids is 3. The van der Waals surface area contributed by atoms with Crippen molar-refractivity contribution in [2.45, 2.75) is 52.0 Å². The zero-order valence-corrected chi connectivity index (χ0v) is 23.3. The number of hydrogen-bond donors (Lipinski definition) is 1. The van der Waals surface area contributed by atoms with Crippen LogP contribution in [0.15, 0.2) is 54.1 Å². The van der Waals surface area contributed by atoms with Gasteiger partial charge in [-0.3, -0.25) is 19.7 Å². The molecule has 0 unspecified atom stereocenters. The highest BCUT2D eigenvalue weighted by molar-refractivity contribution is 6.46. The minimum Gasteiger partial charge on any atom is -0.507 e. The number of likely N-dealkylation sites (tertiary alicyclic amines) is 1. The Hall–Kier alpha value is -4.05. The van der Waals surface area contributed by atoms with E-state index in [-0.39, 0.29) is 23.4 Å². The summed E-state index contributed by atoms with van der Waals surface area (Å²) in [5, 5.41) is 22.5. The summed E-state index contributed by atoms with van der Waals surface area (Å²) in [7, 11) is 1.27. The molecule has 2 aromatic carbocycles. The van der Waals surface area contributed by atoms with Crippen molar-refractivity contribution in [2.24, 2.45) is 0 Å². The second-order valence-electron chi connectivity index (χ2n) is 9.82. The van der Waals surface area contributed by atoms with Crippen LogP contribution in [0.2, 0.25) is 0 Å².